The third-order valence-corrected chi connectivity index (χ3v) is 2.69. The Labute approximate surface area is 110 Å². The van der Waals surface area contributed by atoms with Gasteiger partial charge in [0.2, 0.25) is 0 Å². The van der Waals surface area contributed by atoms with Crippen molar-refractivity contribution in [3.05, 3.63) is 47.8 Å². The van der Waals surface area contributed by atoms with Crippen molar-refractivity contribution in [1.82, 2.24) is 20.2 Å². The second-order valence-electron chi connectivity index (χ2n) is 4.35. The summed E-state index contributed by atoms with van der Waals surface area (Å²) in [4.78, 5) is 8.51. The van der Waals surface area contributed by atoms with E-state index in [1.54, 1.807) is 12.4 Å². The Bertz CT molecular complexity index is 626. The predicted molar refractivity (Wildman–Crippen MR) is 70.2 cm³/mol. The normalized spacial score (nSPS) is 10.6. The number of hydrogen-bond acceptors (Lipinski definition) is 5. The fraction of sp³-hybridized carbons (Fsp3) is 0.143. The zero-order valence-corrected chi connectivity index (χ0v) is 10.7. The molecule has 0 radical (unpaired) electrons. The number of hydrogen-bond donors (Lipinski definition) is 0. The highest BCUT2D eigenvalue weighted by molar-refractivity contribution is 5.52. The minimum Gasteiger partial charge on any atom is -0.413 e. The molecular formula is C14H12N4O. The molecule has 3 rings (SSSR count). The first kappa shape index (κ1) is 11.5. The van der Waals surface area contributed by atoms with Gasteiger partial charge in [-0.2, -0.15) is 0 Å². The minimum absolute atomic E-state index is 0.400. The van der Waals surface area contributed by atoms with Gasteiger partial charge in [0.05, 0.1) is 0 Å². The molecule has 0 atom stereocenters. The summed E-state index contributed by atoms with van der Waals surface area (Å²) < 4.78 is 5.59. The van der Waals surface area contributed by atoms with Crippen LogP contribution in [0.25, 0.3) is 23.2 Å². The van der Waals surface area contributed by atoms with E-state index in [-0.39, 0.29) is 0 Å². The number of nitrogens with zero attached hydrogens (tertiary/aromatic N) is 4. The molecule has 3 aromatic heterocycles. The summed E-state index contributed by atoms with van der Waals surface area (Å²) in [6, 6.07) is 7.62. The fourth-order valence-electron chi connectivity index (χ4n) is 1.62. The summed E-state index contributed by atoms with van der Waals surface area (Å²) >= 11 is 0. The quantitative estimate of drug-likeness (QED) is 0.701. The van der Waals surface area contributed by atoms with E-state index < -0.39 is 0 Å². The van der Waals surface area contributed by atoms with E-state index in [1.165, 1.54) is 0 Å². The third-order valence-electron chi connectivity index (χ3n) is 2.69. The molecule has 3 aromatic rings. The molecule has 0 amide bonds. The molecule has 0 aliphatic rings. The second kappa shape index (κ2) is 4.61. The van der Waals surface area contributed by atoms with Crippen LogP contribution in [0.4, 0.5) is 0 Å². The van der Waals surface area contributed by atoms with Crippen molar-refractivity contribution in [3.63, 3.8) is 0 Å². The van der Waals surface area contributed by atoms with Gasteiger partial charge in [-0.15, -0.1) is 10.2 Å². The Hall–Kier alpha value is -2.56. The van der Waals surface area contributed by atoms with Gasteiger partial charge in [-0.3, -0.25) is 9.97 Å². The van der Waals surface area contributed by atoms with Crippen molar-refractivity contribution in [3.8, 4) is 23.2 Å². The highest BCUT2D eigenvalue weighted by Gasteiger charge is 2.11. The maximum Gasteiger partial charge on any atom is 0.266 e. The first-order valence-electron chi connectivity index (χ1n) is 5.92. The molecule has 0 bridgehead atoms. The van der Waals surface area contributed by atoms with Crippen molar-refractivity contribution < 1.29 is 4.42 Å². The van der Waals surface area contributed by atoms with Gasteiger partial charge in [-0.05, 0) is 37.1 Å². The van der Waals surface area contributed by atoms with Crippen LogP contribution < -0.4 is 0 Å². The zero-order valence-electron chi connectivity index (χ0n) is 10.7. The van der Waals surface area contributed by atoms with Crippen LogP contribution in [0.3, 0.4) is 0 Å². The molecule has 19 heavy (non-hydrogen) atoms. The Balaban J connectivity index is 1.95. The first-order chi connectivity index (χ1) is 9.22. The molecule has 0 unspecified atom stereocenters. The van der Waals surface area contributed by atoms with E-state index in [0.717, 1.165) is 11.1 Å². The number of pyridine rings is 2. The molecular weight excluding hydrogens is 240 g/mol. The lowest BCUT2D eigenvalue weighted by Crippen LogP contribution is -1.83. The summed E-state index contributed by atoms with van der Waals surface area (Å²) in [5.74, 6) is 0.801. The van der Waals surface area contributed by atoms with E-state index in [1.807, 2.05) is 38.1 Å². The monoisotopic (exact) mass is 252 g/mol. The van der Waals surface area contributed by atoms with Gasteiger partial charge in [0.1, 0.15) is 11.4 Å². The topological polar surface area (TPSA) is 64.7 Å². The summed E-state index contributed by atoms with van der Waals surface area (Å²) in [5.41, 5.74) is 3.50. The molecule has 0 saturated heterocycles. The lowest BCUT2D eigenvalue weighted by Gasteiger charge is -1.95. The van der Waals surface area contributed by atoms with E-state index in [4.69, 9.17) is 4.42 Å². The van der Waals surface area contributed by atoms with Crippen LogP contribution in [0.15, 0.2) is 41.1 Å². The standard InChI is InChI=1S/C14H12N4O/c1-9-3-5-11(15-7-9)13-17-18-14(19-13)12-6-4-10(2)8-16-12/h3-8H,1-2H3. The molecule has 0 aliphatic carbocycles. The van der Waals surface area contributed by atoms with Crippen LogP contribution in [0, 0.1) is 13.8 Å². The van der Waals surface area contributed by atoms with Crippen molar-refractivity contribution in [1.29, 1.82) is 0 Å². The van der Waals surface area contributed by atoms with Gasteiger partial charge in [-0.1, -0.05) is 12.1 Å². The molecule has 5 heteroatoms. The Morgan fingerprint density at radius 1 is 0.737 bits per heavy atom. The van der Waals surface area contributed by atoms with Crippen molar-refractivity contribution in [2.75, 3.05) is 0 Å². The van der Waals surface area contributed by atoms with Gasteiger partial charge in [0.25, 0.3) is 11.8 Å². The Morgan fingerprint density at radius 3 is 1.58 bits per heavy atom. The van der Waals surface area contributed by atoms with Gasteiger partial charge in [0.15, 0.2) is 0 Å². The number of aromatic nitrogens is 4. The minimum atomic E-state index is 0.400. The van der Waals surface area contributed by atoms with Crippen molar-refractivity contribution >= 4 is 0 Å². The molecule has 3 heterocycles. The van der Waals surface area contributed by atoms with Crippen LogP contribution in [-0.2, 0) is 0 Å². The highest BCUT2D eigenvalue weighted by Crippen LogP contribution is 2.21. The van der Waals surface area contributed by atoms with Crippen LogP contribution in [-0.4, -0.2) is 20.2 Å². The number of aryl methyl sites for hydroxylation is 2. The smallest absolute Gasteiger partial charge is 0.266 e. The van der Waals surface area contributed by atoms with Crippen LogP contribution in [0.1, 0.15) is 11.1 Å². The largest absolute Gasteiger partial charge is 0.413 e. The van der Waals surface area contributed by atoms with E-state index in [0.29, 0.717) is 23.2 Å². The van der Waals surface area contributed by atoms with Crippen molar-refractivity contribution in [2.24, 2.45) is 0 Å². The summed E-state index contributed by atoms with van der Waals surface area (Å²) in [7, 11) is 0. The van der Waals surface area contributed by atoms with Gasteiger partial charge in [-0.25, -0.2) is 0 Å². The fourth-order valence-corrected chi connectivity index (χ4v) is 1.62. The third kappa shape index (κ3) is 2.35. The predicted octanol–water partition coefficient (Wildman–Crippen LogP) is 2.81. The molecule has 0 fully saturated rings. The van der Waals surface area contributed by atoms with Gasteiger partial charge < -0.3 is 4.42 Å². The van der Waals surface area contributed by atoms with E-state index in [2.05, 4.69) is 20.2 Å². The Kier molecular flexibility index (Phi) is 2.79. The molecule has 94 valence electrons. The average molecular weight is 252 g/mol. The number of rotatable bonds is 2. The second-order valence-corrected chi connectivity index (χ2v) is 4.35. The maximum absolute atomic E-state index is 5.59. The van der Waals surface area contributed by atoms with Crippen LogP contribution in [0.2, 0.25) is 0 Å². The van der Waals surface area contributed by atoms with Crippen molar-refractivity contribution in [2.45, 2.75) is 13.8 Å². The maximum atomic E-state index is 5.59. The van der Waals surface area contributed by atoms with Crippen LogP contribution in [0.5, 0.6) is 0 Å². The molecule has 5 nitrogen and oxygen atoms in total. The lowest BCUT2D eigenvalue weighted by molar-refractivity contribution is 0.579. The van der Waals surface area contributed by atoms with Gasteiger partial charge in [0, 0.05) is 12.4 Å². The van der Waals surface area contributed by atoms with Gasteiger partial charge >= 0.3 is 0 Å². The molecule has 0 spiro atoms. The molecule has 0 saturated carbocycles. The first-order valence-corrected chi connectivity index (χ1v) is 5.92. The SMILES string of the molecule is Cc1ccc(-c2nnc(-c3ccc(C)cn3)o2)nc1. The molecule has 0 aliphatic heterocycles. The average Bonchev–Trinajstić information content (AvgIpc) is 2.90. The summed E-state index contributed by atoms with van der Waals surface area (Å²) in [5, 5.41) is 7.99. The molecule has 0 N–H and O–H groups in total. The van der Waals surface area contributed by atoms with E-state index >= 15 is 0 Å². The molecule has 0 aromatic carbocycles. The highest BCUT2D eigenvalue weighted by atomic mass is 16.4. The Morgan fingerprint density at radius 2 is 1.21 bits per heavy atom. The lowest BCUT2D eigenvalue weighted by atomic mass is 10.3. The zero-order chi connectivity index (χ0) is 13.2. The van der Waals surface area contributed by atoms with Crippen LogP contribution >= 0.6 is 0 Å². The van der Waals surface area contributed by atoms with E-state index in [9.17, 15) is 0 Å². The summed E-state index contributed by atoms with van der Waals surface area (Å²) in [6.45, 7) is 3.96. The summed E-state index contributed by atoms with van der Waals surface area (Å²) in [6.07, 6.45) is 3.53.